The third-order valence-electron chi connectivity index (χ3n) is 3.44. The fraction of sp³-hybridized carbons (Fsp3) is 0.263. The third-order valence-corrected chi connectivity index (χ3v) is 3.69. The van der Waals surface area contributed by atoms with Crippen LogP contribution in [0.5, 0.6) is 5.75 Å². The van der Waals surface area contributed by atoms with Crippen molar-refractivity contribution in [3.63, 3.8) is 0 Å². The zero-order valence-electron chi connectivity index (χ0n) is 14.0. The van der Waals surface area contributed by atoms with Crippen molar-refractivity contribution >= 4 is 23.4 Å². The fourth-order valence-corrected chi connectivity index (χ4v) is 2.21. The first kappa shape index (κ1) is 18.8. The molecule has 0 radical (unpaired) electrons. The van der Waals surface area contributed by atoms with E-state index in [0.29, 0.717) is 23.9 Å². The summed E-state index contributed by atoms with van der Waals surface area (Å²) >= 11 is 5.80. The average Bonchev–Trinajstić information content (AvgIpc) is 2.60. The molecule has 0 saturated carbocycles. The van der Waals surface area contributed by atoms with E-state index in [1.54, 1.807) is 12.1 Å². The van der Waals surface area contributed by atoms with E-state index in [1.165, 1.54) is 0 Å². The van der Waals surface area contributed by atoms with Crippen LogP contribution in [0.15, 0.2) is 48.5 Å². The van der Waals surface area contributed by atoms with Gasteiger partial charge in [-0.15, -0.1) is 0 Å². The standard InChI is InChI=1S/C19H21ClN2O3/c1-14-2-8-17(9-3-14)25-13-19(24)22-11-10-21-18(23)12-15-4-6-16(20)7-5-15/h2-9H,10-13H2,1H3,(H,21,23)(H,22,24). The molecule has 0 aliphatic rings. The molecular formula is C19H21ClN2O3. The predicted octanol–water partition coefficient (Wildman–Crippen LogP) is 2.50. The minimum absolute atomic E-state index is 0.0538. The summed E-state index contributed by atoms with van der Waals surface area (Å²) in [5.74, 6) is 0.317. The summed E-state index contributed by atoms with van der Waals surface area (Å²) in [4.78, 5) is 23.5. The van der Waals surface area contributed by atoms with Gasteiger partial charge in [0, 0.05) is 18.1 Å². The maximum absolute atomic E-state index is 11.8. The molecule has 0 spiro atoms. The maximum Gasteiger partial charge on any atom is 0.258 e. The molecule has 0 atom stereocenters. The monoisotopic (exact) mass is 360 g/mol. The van der Waals surface area contributed by atoms with E-state index in [1.807, 2.05) is 43.3 Å². The molecule has 0 heterocycles. The predicted molar refractivity (Wildman–Crippen MR) is 97.8 cm³/mol. The van der Waals surface area contributed by atoms with E-state index < -0.39 is 0 Å². The molecule has 0 unspecified atom stereocenters. The van der Waals surface area contributed by atoms with E-state index in [4.69, 9.17) is 16.3 Å². The number of rotatable bonds is 8. The van der Waals surface area contributed by atoms with Crippen LogP contribution in [0.25, 0.3) is 0 Å². The first-order valence-electron chi connectivity index (χ1n) is 8.00. The Kier molecular flexibility index (Phi) is 7.29. The zero-order valence-corrected chi connectivity index (χ0v) is 14.8. The van der Waals surface area contributed by atoms with Gasteiger partial charge in [-0.05, 0) is 36.8 Å². The van der Waals surface area contributed by atoms with E-state index in [0.717, 1.165) is 11.1 Å². The SMILES string of the molecule is Cc1ccc(OCC(=O)NCCNC(=O)Cc2ccc(Cl)cc2)cc1. The number of hydrogen-bond donors (Lipinski definition) is 2. The topological polar surface area (TPSA) is 67.4 Å². The quantitative estimate of drug-likeness (QED) is 0.711. The number of amides is 2. The van der Waals surface area contributed by atoms with Gasteiger partial charge in [0.2, 0.25) is 5.91 Å². The molecule has 25 heavy (non-hydrogen) atoms. The normalized spacial score (nSPS) is 10.2. The second-order valence-corrected chi connectivity index (χ2v) is 6.04. The smallest absolute Gasteiger partial charge is 0.258 e. The average molecular weight is 361 g/mol. The Morgan fingerprint density at radius 1 is 0.920 bits per heavy atom. The van der Waals surface area contributed by atoms with Crippen LogP contribution in [0.4, 0.5) is 0 Å². The lowest BCUT2D eigenvalue weighted by atomic mass is 10.1. The number of hydrogen-bond acceptors (Lipinski definition) is 3. The van der Waals surface area contributed by atoms with Crippen molar-refractivity contribution in [3.8, 4) is 5.75 Å². The number of aryl methyl sites for hydroxylation is 1. The molecule has 0 fully saturated rings. The minimum atomic E-state index is -0.229. The molecule has 0 bridgehead atoms. The maximum atomic E-state index is 11.8. The third kappa shape index (κ3) is 7.27. The van der Waals surface area contributed by atoms with E-state index in [2.05, 4.69) is 10.6 Å². The molecule has 6 heteroatoms. The van der Waals surface area contributed by atoms with Crippen LogP contribution in [-0.2, 0) is 16.0 Å². The van der Waals surface area contributed by atoms with Crippen molar-refractivity contribution < 1.29 is 14.3 Å². The molecule has 5 nitrogen and oxygen atoms in total. The molecule has 0 aliphatic heterocycles. The van der Waals surface area contributed by atoms with Crippen molar-refractivity contribution in [2.75, 3.05) is 19.7 Å². The summed E-state index contributed by atoms with van der Waals surface area (Å²) in [5, 5.41) is 6.09. The van der Waals surface area contributed by atoms with Gasteiger partial charge >= 0.3 is 0 Å². The minimum Gasteiger partial charge on any atom is -0.484 e. The summed E-state index contributed by atoms with van der Waals surface area (Å²) in [6, 6.07) is 14.6. The van der Waals surface area contributed by atoms with Gasteiger partial charge in [0.15, 0.2) is 6.61 Å². The van der Waals surface area contributed by atoms with Gasteiger partial charge in [-0.25, -0.2) is 0 Å². The van der Waals surface area contributed by atoms with Gasteiger partial charge in [-0.3, -0.25) is 9.59 Å². The van der Waals surface area contributed by atoms with Crippen molar-refractivity contribution in [2.45, 2.75) is 13.3 Å². The molecule has 2 amide bonds. The number of carbonyl (C=O) groups excluding carboxylic acids is 2. The summed E-state index contributed by atoms with van der Waals surface area (Å²) in [7, 11) is 0. The lowest BCUT2D eigenvalue weighted by Crippen LogP contribution is -2.37. The summed E-state index contributed by atoms with van der Waals surface area (Å²) in [6.45, 7) is 2.64. The first-order valence-corrected chi connectivity index (χ1v) is 8.38. The molecule has 132 valence electrons. The van der Waals surface area contributed by atoms with Crippen molar-refractivity contribution in [1.29, 1.82) is 0 Å². The first-order chi connectivity index (χ1) is 12.0. The second-order valence-electron chi connectivity index (χ2n) is 5.60. The van der Waals surface area contributed by atoms with Crippen LogP contribution in [0, 0.1) is 6.92 Å². The highest BCUT2D eigenvalue weighted by Crippen LogP contribution is 2.11. The van der Waals surface area contributed by atoms with Crippen LogP contribution >= 0.6 is 11.6 Å². The molecule has 0 saturated heterocycles. The van der Waals surface area contributed by atoms with Gasteiger partial charge in [0.1, 0.15) is 5.75 Å². The van der Waals surface area contributed by atoms with Crippen LogP contribution < -0.4 is 15.4 Å². The second kappa shape index (κ2) is 9.69. The fourth-order valence-electron chi connectivity index (χ4n) is 2.09. The Morgan fingerprint density at radius 2 is 1.52 bits per heavy atom. The molecule has 2 N–H and O–H groups in total. The number of nitrogens with one attached hydrogen (secondary N) is 2. The highest BCUT2D eigenvalue weighted by atomic mass is 35.5. The molecular weight excluding hydrogens is 340 g/mol. The Bertz CT molecular complexity index is 700. The van der Waals surface area contributed by atoms with Crippen LogP contribution in [0.1, 0.15) is 11.1 Å². The molecule has 2 aromatic rings. The Hall–Kier alpha value is -2.53. The number of benzene rings is 2. The van der Waals surface area contributed by atoms with Gasteiger partial charge in [-0.1, -0.05) is 41.4 Å². The number of carbonyl (C=O) groups is 2. The van der Waals surface area contributed by atoms with Crippen LogP contribution in [0.2, 0.25) is 5.02 Å². The Labute approximate surface area is 152 Å². The largest absolute Gasteiger partial charge is 0.484 e. The van der Waals surface area contributed by atoms with Gasteiger partial charge in [-0.2, -0.15) is 0 Å². The van der Waals surface area contributed by atoms with Crippen molar-refractivity contribution in [1.82, 2.24) is 10.6 Å². The van der Waals surface area contributed by atoms with Gasteiger partial charge in [0.05, 0.1) is 6.42 Å². The summed E-state index contributed by atoms with van der Waals surface area (Å²) < 4.78 is 5.38. The summed E-state index contributed by atoms with van der Waals surface area (Å²) in [6.07, 6.45) is 0.279. The van der Waals surface area contributed by atoms with Gasteiger partial charge < -0.3 is 15.4 Å². The molecule has 0 aliphatic carbocycles. The summed E-state index contributed by atoms with van der Waals surface area (Å²) in [5.41, 5.74) is 2.02. The number of ether oxygens (including phenoxy) is 1. The van der Waals surface area contributed by atoms with Gasteiger partial charge in [0.25, 0.3) is 5.91 Å². The molecule has 2 aromatic carbocycles. The number of halogens is 1. The molecule has 2 rings (SSSR count). The van der Waals surface area contributed by atoms with Crippen molar-refractivity contribution in [2.24, 2.45) is 0 Å². The van der Waals surface area contributed by atoms with Crippen LogP contribution in [0.3, 0.4) is 0 Å². The molecule has 0 aromatic heterocycles. The van der Waals surface area contributed by atoms with E-state index in [-0.39, 0.29) is 24.8 Å². The Morgan fingerprint density at radius 3 is 2.16 bits per heavy atom. The zero-order chi connectivity index (χ0) is 18.1. The van der Waals surface area contributed by atoms with E-state index >= 15 is 0 Å². The van der Waals surface area contributed by atoms with E-state index in [9.17, 15) is 9.59 Å². The van der Waals surface area contributed by atoms with Crippen LogP contribution in [-0.4, -0.2) is 31.5 Å². The van der Waals surface area contributed by atoms with Crippen molar-refractivity contribution in [3.05, 3.63) is 64.7 Å². The lowest BCUT2D eigenvalue weighted by molar-refractivity contribution is -0.124. The highest BCUT2D eigenvalue weighted by Gasteiger charge is 2.05. The highest BCUT2D eigenvalue weighted by molar-refractivity contribution is 6.30. The Balaban J connectivity index is 1.58. The lowest BCUT2D eigenvalue weighted by Gasteiger charge is -2.09.